The molecule has 3 rings (SSSR count). The van der Waals surface area contributed by atoms with Gasteiger partial charge < -0.3 is 20.9 Å². The first kappa shape index (κ1) is 25.7. The summed E-state index contributed by atoms with van der Waals surface area (Å²) < 4.78 is 0. The van der Waals surface area contributed by atoms with E-state index in [1.165, 1.54) is 6.92 Å². The summed E-state index contributed by atoms with van der Waals surface area (Å²) in [6.45, 7) is 13.3. The second-order valence-electron chi connectivity index (χ2n) is 11.3. The first-order chi connectivity index (χ1) is 15.7. The second-order valence-corrected chi connectivity index (χ2v) is 11.3. The molecule has 0 bridgehead atoms. The van der Waals surface area contributed by atoms with Crippen LogP contribution in [0.4, 0.5) is 5.69 Å². The molecule has 2 aliphatic heterocycles. The van der Waals surface area contributed by atoms with Crippen LogP contribution in [0.5, 0.6) is 0 Å². The van der Waals surface area contributed by atoms with Crippen molar-refractivity contribution >= 4 is 29.3 Å². The average molecular weight is 471 g/mol. The van der Waals surface area contributed by atoms with Gasteiger partial charge in [0.1, 0.15) is 12.1 Å². The Morgan fingerprint density at radius 1 is 1.18 bits per heavy atom. The van der Waals surface area contributed by atoms with Crippen molar-refractivity contribution in [3.8, 4) is 0 Å². The van der Waals surface area contributed by atoms with Crippen LogP contribution in [0.2, 0.25) is 0 Å². The smallest absolute Gasteiger partial charge is 0.245 e. The number of fused-ring (bicyclic) bond motifs is 2. The Morgan fingerprint density at radius 3 is 2.41 bits per heavy atom. The Balaban J connectivity index is 1.86. The number of rotatable bonds is 6. The van der Waals surface area contributed by atoms with Crippen LogP contribution in [0.25, 0.3) is 0 Å². The van der Waals surface area contributed by atoms with Crippen LogP contribution >= 0.6 is 0 Å². The van der Waals surface area contributed by atoms with Gasteiger partial charge in [-0.2, -0.15) is 0 Å². The first-order valence-corrected chi connectivity index (χ1v) is 12.0. The van der Waals surface area contributed by atoms with Crippen molar-refractivity contribution in [1.29, 1.82) is 0 Å². The molecule has 1 unspecified atom stereocenters. The summed E-state index contributed by atoms with van der Waals surface area (Å²) >= 11 is 0. The number of anilines is 1. The number of carbonyl (C=O) groups is 4. The number of carbonyl (C=O) groups excluding carboxylic acids is 4. The lowest BCUT2D eigenvalue weighted by atomic mass is 9.80. The molecular weight excluding hydrogens is 432 g/mol. The lowest BCUT2D eigenvalue weighted by Crippen LogP contribution is -2.57. The third kappa shape index (κ3) is 5.10. The van der Waals surface area contributed by atoms with Crippen molar-refractivity contribution in [2.75, 3.05) is 11.9 Å². The standard InChI is InChI=1S/C26H38N4O4/c1-15(2)21(27-17(4)31)22(32)28-20(13-25(5,6)7)23(33)30-14-26(12-16(30)3)18-10-8-9-11-19(18)29-24(26)34/h8-11,15-16,20-21H,12-14H2,1-7H3,(H,27,31)(H,28,32)(H,29,34)/t16?,20-,21-,26-/m0/s1. The first-order valence-electron chi connectivity index (χ1n) is 12.0. The number of nitrogens with zero attached hydrogens (tertiary/aromatic N) is 1. The van der Waals surface area contributed by atoms with Crippen molar-refractivity contribution < 1.29 is 19.2 Å². The minimum Gasteiger partial charge on any atom is -0.344 e. The van der Waals surface area contributed by atoms with E-state index in [9.17, 15) is 19.2 Å². The summed E-state index contributed by atoms with van der Waals surface area (Å²) in [5.74, 6) is -1.10. The molecule has 0 radical (unpaired) electrons. The number of benzene rings is 1. The number of hydrogen-bond donors (Lipinski definition) is 3. The molecule has 2 heterocycles. The lowest BCUT2D eigenvalue weighted by molar-refractivity contribution is -0.139. The molecule has 0 saturated carbocycles. The average Bonchev–Trinajstić information content (AvgIpc) is 3.21. The van der Waals surface area contributed by atoms with Crippen molar-refractivity contribution in [2.45, 2.75) is 84.8 Å². The van der Waals surface area contributed by atoms with Gasteiger partial charge in [0.25, 0.3) is 0 Å². The van der Waals surface area contributed by atoms with Crippen LogP contribution in [0.3, 0.4) is 0 Å². The van der Waals surface area contributed by atoms with E-state index in [0.29, 0.717) is 12.8 Å². The number of nitrogens with one attached hydrogen (secondary N) is 3. The molecular formula is C26H38N4O4. The summed E-state index contributed by atoms with van der Waals surface area (Å²) in [5, 5.41) is 8.58. The molecule has 3 N–H and O–H groups in total. The Morgan fingerprint density at radius 2 is 1.82 bits per heavy atom. The molecule has 2 aliphatic rings. The molecule has 0 aromatic heterocycles. The van der Waals surface area contributed by atoms with Crippen molar-refractivity contribution in [3.63, 3.8) is 0 Å². The zero-order valence-corrected chi connectivity index (χ0v) is 21.3. The third-order valence-electron chi connectivity index (χ3n) is 6.76. The van der Waals surface area contributed by atoms with Crippen LogP contribution in [0.1, 0.15) is 66.9 Å². The zero-order chi connectivity index (χ0) is 25.4. The van der Waals surface area contributed by atoms with Crippen LogP contribution in [-0.4, -0.2) is 53.2 Å². The van der Waals surface area contributed by atoms with Gasteiger partial charge in [-0.25, -0.2) is 0 Å². The maximum absolute atomic E-state index is 13.8. The second kappa shape index (κ2) is 9.39. The molecule has 4 atom stereocenters. The van der Waals surface area contributed by atoms with E-state index in [0.717, 1.165) is 11.3 Å². The van der Waals surface area contributed by atoms with Gasteiger partial charge in [0.15, 0.2) is 0 Å². The highest BCUT2D eigenvalue weighted by Gasteiger charge is 2.55. The third-order valence-corrected chi connectivity index (χ3v) is 6.76. The van der Waals surface area contributed by atoms with E-state index < -0.39 is 17.5 Å². The topological polar surface area (TPSA) is 108 Å². The maximum atomic E-state index is 13.8. The van der Waals surface area contributed by atoms with Crippen LogP contribution < -0.4 is 16.0 Å². The zero-order valence-electron chi connectivity index (χ0n) is 21.3. The minimum absolute atomic E-state index is 0.0854. The van der Waals surface area contributed by atoms with E-state index in [2.05, 4.69) is 16.0 Å². The normalized spacial score (nSPS) is 23.5. The number of likely N-dealkylation sites (tertiary alicyclic amines) is 1. The Hall–Kier alpha value is -2.90. The van der Waals surface area contributed by atoms with Gasteiger partial charge in [0, 0.05) is 25.2 Å². The molecule has 1 saturated heterocycles. The summed E-state index contributed by atoms with van der Waals surface area (Å²) in [6.07, 6.45) is 0.958. The molecule has 1 aromatic rings. The van der Waals surface area contributed by atoms with Crippen LogP contribution in [0, 0.1) is 11.3 Å². The molecule has 8 nitrogen and oxygen atoms in total. The highest BCUT2D eigenvalue weighted by molar-refractivity contribution is 6.07. The molecule has 0 aliphatic carbocycles. The fraction of sp³-hybridized carbons (Fsp3) is 0.615. The Kier molecular flexibility index (Phi) is 7.10. The van der Waals surface area contributed by atoms with Gasteiger partial charge in [-0.3, -0.25) is 19.2 Å². The lowest BCUT2D eigenvalue weighted by Gasteiger charge is -2.33. The number of para-hydroxylation sites is 1. The molecule has 8 heteroatoms. The van der Waals surface area contributed by atoms with Crippen molar-refractivity contribution in [3.05, 3.63) is 29.8 Å². The molecule has 1 fully saturated rings. The molecule has 4 amide bonds. The minimum atomic E-state index is -0.779. The highest BCUT2D eigenvalue weighted by atomic mass is 16.2. The van der Waals surface area contributed by atoms with Gasteiger partial charge in [0.2, 0.25) is 23.6 Å². The fourth-order valence-electron chi connectivity index (χ4n) is 5.18. The highest BCUT2D eigenvalue weighted by Crippen LogP contribution is 2.46. The molecule has 186 valence electrons. The maximum Gasteiger partial charge on any atom is 0.245 e. The molecule has 1 aromatic carbocycles. The summed E-state index contributed by atoms with van der Waals surface area (Å²) in [5.41, 5.74) is 0.707. The van der Waals surface area contributed by atoms with Gasteiger partial charge in [0.05, 0.1) is 5.41 Å². The fourth-order valence-corrected chi connectivity index (χ4v) is 5.18. The summed E-state index contributed by atoms with van der Waals surface area (Å²) in [6, 6.07) is 5.96. The van der Waals surface area contributed by atoms with E-state index >= 15 is 0 Å². The van der Waals surface area contributed by atoms with E-state index in [-0.39, 0.29) is 47.5 Å². The van der Waals surface area contributed by atoms with Gasteiger partial charge in [-0.15, -0.1) is 0 Å². The molecule has 34 heavy (non-hydrogen) atoms. The van der Waals surface area contributed by atoms with Gasteiger partial charge >= 0.3 is 0 Å². The molecule has 1 spiro atoms. The Labute approximate surface area is 202 Å². The SMILES string of the molecule is CC(=O)N[C@H](C(=O)N[C@@H](CC(C)(C)C)C(=O)N1C[C@]2(CC1C)C(=O)Nc1ccccc12)C(C)C. The van der Waals surface area contributed by atoms with Crippen molar-refractivity contribution in [2.24, 2.45) is 11.3 Å². The quantitative estimate of drug-likeness (QED) is 0.594. The van der Waals surface area contributed by atoms with E-state index in [4.69, 9.17) is 0 Å². The van der Waals surface area contributed by atoms with Crippen molar-refractivity contribution in [1.82, 2.24) is 15.5 Å². The predicted molar refractivity (Wildman–Crippen MR) is 131 cm³/mol. The summed E-state index contributed by atoms with van der Waals surface area (Å²) in [7, 11) is 0. The van der Waals surface area contributed by atoms with Crippen LogP contribution in [-0.2, 0) is 24.6 Å². The van der Waals surface area contributed by atoms with Crippen LogP contribution in [0.15, 0.2) is 24.3 Å². The predicted octanol–water partition coefficient (Wildman–Crippen LogP) is 2.58. The van der Waals surface area contributed by atoms with E-state index in [1.807, 2.05) is 65.8 Å². The summed E-state index contributed by atoms with van der Waals surface area (Å²) in [4.78, 5) is 53.4. The number of amides is 4. The Bertz CT molecular complexity index is 983. The monoisotopic (exact) mass is 470 g/mol. The van der Waals surface area contributed by atoms with E-state index in [1.54, 1.807) is 4.90 Å². The largest absolute Gasteiger partial charge is 0.344 e. The number of hydrogen-bond acceptors (Lipinski definition) is 4. The van der Waals surface area contributed by atoms with Gasteiger partial charge in [-0.05, 0) is 42.7 Å². The van der Waals surface area contributed by atoms with Gasteiger partial charge in [-0.1, -0.05) is 52.8 Å².